The van der Waals surface area contributed by atoms with Crippen molar-refractivity contribution in [1.82, 2.24) is 5.43 Å². The molecule has 0 atom stereocenters. The Balaban J connectivity index is 1.36. The van der Waals surface area contributed by atoms with Crippen molar-refractivity contribution in [2.24, 2.45) is 5.10 Å². The van der Waals surface area contributed by atoms with E-state index in [1.165, 1.54) is 17.6 Å². The standard InChI is InChI=1S/C27H25N3O6S/c1-3-35-27(34)22-20-11-6-12-21(20)37-25(22)29-23(31)24(32)30-28-15-17-8-5-10-19(14-17)36-26(33)18-9-4-7-16(2)13-18/h4-5,7-10,13-15H,3,6,11-12H2,1-2H3,(H,29,31)(H,30,32). The number of amides is 2. The minimum absolute atomic E-state index is 0.207. The molecule has 3 aromatic rings. The van der Waals surface area contributed by atoms with Gasteiger partial charge in [0.05, 0.1) is 23.9 Å². The van der Waals surface area contributed by atoms with E-state index in [4.69, 9.17) is 9.47 Å². The lowest BCUT2D eigenvalue weighted by Crippen LogP contribution is -2.32. The zero-order chi connectivity index (χ0) is 26.4. The number of thiophene rings is 1. The molecule has 2 N–H and O–H groups in total. The summed E-state index contributed by atoms with van der Waals surface area (Å²) in [6.45, 7) is 3.80. The van der Waals surface area contributed by atoms with Gasteiger partial charge in [-0.2, -0.15) is 5.10 Å². The Labute approximate surface area is 217 Å². The number of carbonyl (C=O) groups is 4. The lowest BCUT2D eigenvalue weighted by atomic mass is 10.1. The van der Waals surface area contributed by atoms with E-state index in [1.54, 1.807) is 49.4 Å². The number of benzene rings is 2. The zero-order valence-corrected chi connectivity index (χ0v) is 21.1. The minimum Gasteiger partial charge on any atom is -0.462 e. The molecule has 1 heterocycles. The molecule has 37 heavy (non-hydrogen) atoms. The second kappa shape index (κ2) is 11.6. The second-order valence-corrected chi connectivity index (χ2v) is 9.37. The first-order valence-corrected chi connectivity index (χ1v) is 12.5. The van der Waals surface area contributed by atoms with Gasteiger partial charge in [0.25, 0.3) is 0 Å². The van der Waals surface area contributed by atoms with E-state index in [2.05, 4.69) is 15.8 Å². The summed E-state index contributed by atoms with van der Waals surface area (Å²) in [5.74, 6) is -2.66. The van der Waals surface area contributed by atoms with E-state index in [0.29, 0.717) is 27.4 Å². The lowest BCUT2D eigenvalue weighted by molar-refractivity contribution is -0.136. The summed E-state index contributed by atoms with van der Waals surface area (Å²) >= 11 is 1.28. The molecular weight excluding hydrogens is 494 g/mol. The highest BCUT2D eigenvalue weighted by Gasteiger charge is 2.29. The van der Waals surface area contributed by atoms with Gasteiger partial charge < -0.3 is 14.8 Å². The van der Waals surface area contributed by atoms with Gasteiger partial charge in [0.1, 0.15) is 10.8 Å². The van der Waals surface area contributed by atoms with E-state index < -0.39 is 23.8 Å². The highest BCUT2D eigenvalue weighted by atomic mass is 32.1. The molecule has 1 aliphatic rings. The first-order valence-electron chi connectivity index (χ1n) is 11.7. The number of ether oxygens (including phenoxy) is 2. The fourth-order valence-electron chi connectivity index (χ4n) is 3.88. The Morgan fingerprint density at radius 2 is 1.84 bits per heavy atom. The molecule has 10 heteroatoms. The van der Waals surface area contributed by atoms with Gasteiger partial charge in [-0.3, -0.25) is 9.59 Å². The summed E-state index contributed by atoms with van der Waals surface area (Å²) in [6.07, 6.45) is 3.80. The molecule has 2 amide bonds. The van der Waals surface area contributed by atoms with Gasteiger partial charge in [0.2, 0.25) is 0 Å². The average Bonchev–Trinajstić information content (AvgIpc) is 3.45. The number of hydrogen-bond acceptors (Lipinski definition) is 8. The Bertz CT molecular complexity index is 1390. The van der Waals surface area contributed by atoms with Crippen molar-refractivity contribution in [3.63, 3.8) is 0 Å². The molecule has 1 aliphatic carbocycles. The third-order valence-corrected chi connectivity index (χ3v) is 6.74. The second-order valence-electron chi connectivity index (χ2n) is 8.27. The largest absolute Gasteiger partial charge is 0.462 e. The maximum atomic E-state index is 12.4. The van der Waals surface area contributed by atoms with Crippen molar-refractivity contribution in [3.05, 3.63) is 81.2 Å². The maximum absolute atomic E-state index is 12.4. The monoisotopic (exact) mass is 519 g/mol. The third-order valence-electron chi connectivity index (χ3n) is 5.54. The van der Waals surface area contributed by atoms with Crippen molar-refractivity contribution >= 4 is 46.3 Å². The molecule has 190 valence electrons. The molecule has 0 aliphatic heterocycles. The van der Waals surface area contributed by atoms with Crippen LogP contribution in [0.4, 0.5) is 5.00 Å². The zero-order valence-electron chi connectivity index (χ0n) is 20.3. The molecule has 0 unspecified atom stereocenters. The number of fused-ring (bicyclic) bond motifs is 1. The topological polar surface area (TPSA) is 123 Å². The Kier molecular flexibility index (Phi) is 8.09. The maximum Gasteiger partial charge on any atom is 0.343 e. The van der Waals surface area contributed by atoms with Gasteiger partial charge in [-0.1, -0.05) is 29.8 Å². The van der Waals surface area contributed by atoms with E-state index in [0.717, 1.165) is 35.3 Å². The van der Waals surface area contributed by atoms with Crippen LogP contribution in [0.5, 0.6) is 5.75 Å². The minimum atomic E-state index is -0.998. The number of nitrogens with zero attached hydrogens (tertiary/aromatic N) is 1. The lowest BCUT2D eigenvalue weighted by Gasteiger charge is -2.07. The van der Waals surface area contributed by atoms with Crippen LogP contribution in [-0.2, 0) is 27.2 Å². The van der Waals surface area contributed by atoms with E-state index >= 15 is 0 Å². The van der Waals surface area contributed by atoms with Crippen LogP contribution in [0, 0.1) is 6.92 Å². The van der Waals surface area contributed by atoms with Crippen LogP contribution in [0.2, 0.25) is 0 Å². The van der Waals surface area contributed by atoms with Gasteiger partial charge >= 0.3 is 23.8 Å². The van der Waals surface area contributed by atoms with Crippen LogP contribution < -0.4 is 15.5 Å². The Hall–Kier alpha value is -4.31. The number of esters is 2. The van der Waals surface area contributed by atoms with Gasteiger partial charge in [-0.15, -0.1) is 11.3 Å². The fourth-order valence-corrected chi connectivity index (χ4v) is 5.16. The number of hydrazone groups is 1. The third kappa shape index (κ3) is 6.28. The highest BCUT2D eigenvalue weighted by Crippen LogP contribution is 2.39. The summed E-state index contributed by atoms with van der Waals surface area (Å²) in [4.78, 5) is 50.6. The summed E-state index contributed by atoms with van der Waals surface area (Å²) in [6, 6.07) is 13.6. The first-order chi connectivity index (χ1) is 17.9. The van der Waals surface area contributed by atoms with Gasteiger partial charge in [0, 0.05) is 4.88 Å². The number of aryl methyl sites for hydroxylation is 2. The predicted octanol–water partition coefficient (Wildman–Crippen LogP) is 4.03. The molecule has 0 fully saturated rings. The van der Waals surface area contributed by atoms with Crippen LogP contribution >= 0.6 is 11.3 Å². The van der Waals surface area contributed by atoms with Crippen molar-refractivity contribution in [3.8, 4) is 5.75 Å². The predicted molar refractivity (Wildman–Crippen MR) is 139 cm³/mol. The van der Waals surface area contributed by atoms with E-state index in [9.17, 15) is 19.2 Å². The average molecular weight is 520 g/mol. The van der Waals surface area contributed by atoms with Crippen molar-refractivity contribution < 1.29 is 28.7 Å². The Morgan fingerprint density at radius 3 is 2.62 bits per heavy atom. The molecular formula is C27H25N3O6S. The molecule has 0 saturated heterocycles. The first kappa shape index (κ1) is 25.8. The van der Waals surface area contributed by atoms with Crippen LogP contribution in [0.25, 0.3) is 0 Å². The molecule has 0 bridgehead atoms. The summed E-state index contributed by atoms with van der Waals surface area (Å²) in [5, 5.41) is 6.63. The number of carbonyl (C=O) groups excluding carboxylic acids is 4. The van der Waals surface area contributed by atoms with Gasteiger partial charge in [-0.05, 0) is 68.5 Å². The SMILES string of the molecule is CCOC(=O)c1c(NC(=O)C(=O)NN=Cc2cccc(OC(=O)c3cccc(C)c3)c2)sc2c1CCC2. The van der Waals surface area contributed by atoms with Gasteiger partial charge in [-0.25, -0.2) is 15.0 Å². The quantitative estimate of drug-likeness (QED) is 0.160. The van der Waals surface area contributed by atoms with Crippen molar-refractivity contribution in [2.75, 3.05) is 11.9 Å². The van der Waals surface area contributed by atoms with Crippen molar-refractivity contribution in [2.45, 2.75) is 33.1 Å². The smallest absolute Gasteiger partial charge is 0.343 e. The molecule has 1 aromatic heterocycles. The van der Waals surface area contributed by atoms with Crippen LogP contribution in [0.3, 0.4) is 0 Å². The summed E-state index contributed by atoms with van der Waals surface area (Å²) in [7, 11) is 0. The van der Waals surface area contributed by atoms with Crippen LogP contribution in [-0.4, -0.2) is 36.6 Å². The molecule has 4 rings (SSSR count). The molecule has 9 nitrogen and oxygen atoms in total. The summed E-state index contributed by atoms with van der Waals surface area (Å²) < 4.78 is 10.5. The summed E-state index contributed by atoms with van der Waals surface area (Å²) in [5.41, 5.74) is 5.27. The number of hydrogen-bond donors (Lipinski definition) is 2. The van der Waals surface area contributed by atoms with Crippen molar-refractivity contribution in [1.29, 1.82) is 0 Å². The molecule has 0 spiro atoms. The normalized spacial score (nSPS) is 12.2. The molecule has 0 saturated carbocycles. The van der Waals surface area contributed by atoms with Gasteiger partial charge in [0.15, 0.2) is 0 Å². The Morgan fingerprint density at radius 1 is 1.03 bits per heavy atom. The van der Waals surface area contributed by atoms with E-state index in [1.807, 2.05) is 13.0 Å². The van der Waals surface area contributed by atoms with E-state index in [-0.39, 0.29) is 6.61 Å². The number of anilines is 1. The molecule has 2 aromatic carbocycles. The molecule has 0 radical (unpaired) electrons. The van der Waals surface area contributed by atoms with Crippen LogP contribution in [0.15, 0.2) is 53.6 Å². The van der Waals surface area contributed by atoms with Crippen LogP contribution in [0.1, 0.15) is 55.6 Å². The number of rotatable bonds is 7. The highest BCUT2D eigenvalue weighted by molar-refractivity contribution is 7.17. The fraction of sp³-hybridized carbons (Fsp3) is 0.222. The number of nitrogens with one attached hydrogen (secondary N) is 2.